The van der Waals surface area contributed by atoms with E-state index in [4.69, 9.17) is 23.2 Å². The van der Waals surface area contributed by atoms with Crippen LogP contribution in [0.1, 0.15) is 43.2 Å². The maximum Gasteiger partial charge on any atom is 0.271 e. The summed E-state index contributed by atoms with van der Waals surface area (Å²) in [7, 11) is 0. The summed E-state index contributed by atoms with van der Waals surface area (Å²) in [5.74, 6) is 0.687. The van der Waals surface area contributed by atoms with Crippen LogP contribution in [0, 0.1) is 0 Å². The van der Waals surface area contributed by atoms with E-state index >= 15 is 0 Å². The standard InChI is InChI=1S/C15H15Cl2N3OS/c1-7(2)20-14-12(15(21)19-20)13(22-8(3)18-14)10-5-4-9(16)6-11(10)17/h4-7,13H,1-3H3,(H,19,21)/t13-/m0/s1. The number of nitrogens with one attached hydrogen (secondary N) is 1. The molecule has 1 aliphatic rings. The van der Waals surface area contributed by atoms with Crippen LogP contribution in [-0.2, 0) is 0 Å². The maximum atomic E-state index is 12.4. The lowest BCUT2D eigenvalue weighted by molar-refractivity contribution is 0.533. The first-order chi connectivity index (χ1) is 10.4. The third-order valence-electron chi connectivity index (χ3n) is 3.51. The summed E-state index contributed by atoms with van der Waals surface area (Å²) in [6.45, 7) is 5.95. The van der Waals surface area contributed by atoms with Gasteiger partial charge in [0.15, 0.2) is 5.82 Å². The van der Waals surface area contributed by atoms with Crippen LogP contribution >= 0.6 is 35.0 Å². The molecule has 4 nitrogen and oxygen atoms in total. The molecule has 1 aromatic heterocycles. The molecule has 0 saturated carbocycles. The van der Waals surface area contributed by atoms with E-state index in [9.17, 15) is 4.79 Å². The largest absolute Gasteiger partial charge is 0.271 e. The van der Waals surface area contributed by atoms with Gasteiger partial charge in [0.1, 0.15) is 0 Å². The minimum absolute atomic E-state index is 0.122. The Balaban J connectivity index is 2.22. The topological polar surface area (TPSA) is 50.1 Å². The minimum atomic E-state index is -0.180. The highest BCUT2D eigenvalue weighted by Gasteiger charge is 2.31. The van der Waals surface area contributed by atoms with Crippen molar-refractivity contribution in [2.24, 2.45) is 4.99 Å². The van der Waals surface area contributed by atoms with Crippen molar-refractivity contribution in [2.45, 2.75) is 32.1 Å². The molecule has 1 N–H and O–H groups in total. The zero-order chi connectivity index (χ0) is 16.0. The van der Waals surface area contributed by atoms with Crippen molar-refractivity contribution in [3.05, 3.63) is 49.7 Å². The predicted molar refractivity (Wildman–Crippen MR) is 94.1 cm³/mol. The molecule has 3 rings (SSSR count). The summed E-state index contributed by atoms with van der Waals surface area (Å²) >= 11 is 13.8. The molecule has 2 heterocycles. The molecule has 1 aromatic carbocycles. The number of nitrogens with zero attached hydrogens (tertiary/aromatic N) is 2. The number of hydrogen-bond donors (Lipinski definition) is 1. The number of rotatable bonds is 2. The number of aromatic nitrogens is 2. The Morgan fingerprint density at radius 3 is 2.73 bits per heavy atom. The zero-order valence-corrected chi connectivity index (χ0v) is 14.7. The molecule has 0 aliphatic carbocycles. The Kier molecular flexibility index (Phi) is 4.14. The van der Waals surface area contributed by atoms with Gasteiger partial charge in [0.25, 0.3) is 5.56 Å². The third kappa shape index (κ3) is 2.62. The second-order valence-electron chi connectivity index (χ2n) is 5.44. The molecule has 7 heteroatoms. The van der Waals surface area contributed by atoms with Crippen LogP contribution in [0.2, 0.25) is 10.0 Å². The van der Waals surface area contributed by atoms with Gasteiger partial charge in [-0.3, -0.25) is 14.6 Å². The number of H-pyrrole nitrogens is 1. The van der Waals surface area contributed by atoms with E-state index in [1.54, 1.807) is 16.8 Å². The highest BCUT2D eigenvalue weighted by Crippen LogP contribution is 2.46. The van der Waals surface area contributed by atoms with Crippen LogP contribution in [-0.4, -0.2) is 14.8 Å². The van der Waals surface area contributed by atoms with Crippen LogP contribution < -0.4 is 5.56 Å². The van der Waals surface area contributed by atoms with Crippen LogP contribution in [0.15, 0.2) is 28.0 Å². The van der Waals surface area contributed by atoms with Gasteiger partial charge in [0, 0.05) is 16.1 Å². The third-order valence-corrected chi connectivity index (χ3v) is 5.23. The molecule has 1 atom stereocenters. The van der Waals surface area contributed by atoms with Crippen molar-refractivity contribution in [1.29, 1.82) is 0 Å². The van der Waals surface area contributed by atoms with Crippen LogP contribution in [0.25, 0.3) is 0 Å². The Morgan fingerprint density at radius 1 is 1.36 bits per heavy atom. The second-order valence-corrected chi connectivity index (χ2v) is 7.58. The number of fused-ring (bicyclic) bond motifs is 1. The maximum absolute atomic E-state index is 12.4. The highest BCUT2D eigenvalue weighted by molar-refractivity contribution is 8.14. The summed E-state index contributed by atoms with van der Waals surface area (Å²) in [6.07, 6.45) is 0. The van der Waals surface area contributed by atoms with Gasteiger partial charge < -0.3 is 0 Å². The SMILES string of the molecule is CC1=Nc2c(c(=O)[nH]n2C(C)C)[C@H](c2ccc(Cl)cc2Cl)S1. The van der Waals surface area contributed by atoms with Gasteiger partial charge >= 0.3 is 0 Å². The van der Waals surface area contributed by atoms with Gasteiger partial charge in [-0.1, -0.05) is 41.0 Å². The lowest BCUT2D eigenvalue weighted by Crippen LogP contribution is -2.13. The molecule has 0 radical (unpaired) electrons. The smallest absolute Gasteiger partial charge is 0.268 e. The van der Waals surface area contributed by atoms with Crippen LogP contribution in [0.4, 0.5) is 5.82 Å². The second kappa shape index (κ2) is 5.80. The van der Waals surface area contributed by atoms with Gasteiger partial charge in [-0.05, 0) is 38.5 Å². The van der Waals surface area contributed by atoms with E-state index in [2.05, 4.69) is 10.1 Å². The van der Waals surface area contributed by atoms with E-state index < -0.39 is 0 Å². The van der Waals surface area contributed by atoms with Crippen LogP contribution in [0.5, 0.6) is 0 Å². The average molecular weight is 356 g/mol. The zero-order valence-electron chi connectivity index (χ0n) is 12.4. The molecular weight excluding hydrogens is 341 g/mol. The monoisotopic (exact) mass is 355 g/mol. The molecule has 0 saturated heterocycles. The molecule has 116 valence electrons. The lowest BCUT2D eigenvalue weighted by atomic mass is 10.1. The molecular formula is C15H15Cl2N3OS. The van der Waals surface area contributed by atoms with E-state index in [-0.39, 0.29) is 16.9 Å². The summed E-state index contributed by atoms with van der Waals surface area (Å²) in [4.78, 5) is 17.0. The Bertz CT molecular complexity index is 823. The minimum Gasteiger partial charge on any atom is -0.268 e. The first-order valence-electron chi connectivity index (χ1n) is 6.89. The van der Waals surface area contributed by atoms with E-state index in [0.717, 1.165) is 10.6 Å². The van der Waals surface area contributed by atoms with E-state index in [1.807, 2.05) is 26.8 Å². The van der Waals surface area contributed by atoms with Crippen molar-refractivity contribution >= 4 is 45.8 Å². The summed E-state index contributed by atoms with van der Waals surface area (Å²) in [5.41, 5.74) is 1.40. The Labute approximate surface area is 142 Å². The quantitative estimate of drug-likeness (QED) is 0.828. The van der Waals surface area contributed by atoms with Gasteiger partial charge in [-0.2, -0.15) is 0 Å². The lowest BCUT2D eigenvalue weighted by Gasteiger charge is -2.22. The number of aliphatic imine (C=N–C) groups is 1. The number of aromatic amines is 1. The van der Waals surface area contributed by atoms with Gasteiger partial charge in [0.05, 0.1) is 15.9 Å². The number of halogens is 2. The van der Waals surface area contributed by atoms with Crippen molar-refractivity contribution < 1.29 is 0 Å². The molecule has 1 aliphatic heterocycles. The highest BCUT2D eigenvalue weighted by atomic mass is 35.5. The molecule has 0 spiro atoms. The molecule has 0 fully saturated rings. The normalized spacial score (nSPS) is 17.5. The van der Waals surface area contributed by atoms with E-state index in [0.29, 0.717) is 21.4 Å². The summed E-state index contributed by atoms with van der Waals surface area (Å²) in [6, 6.07) is 5.49. The first-order valence-corrected chi connectivity index (χ1v) is 8.53. The fraction of sp³-hybridized carbons (Fsp3) is 0.333. The Hall–Kier alpha value is -1.17. The molecule has 0 amide bonds. The fourth-order valence-corrected chi connectivity index (χ4v) is 4.24. The van der Waals surface area contributed by atoms with Gasteiger partial charge in [-0.15, -0.1) is 0 Å². The van der Waals surface area contributed by atoms with Crippen LogP contribution in [0.3, 0.4) is 0 Å². The molecule has 0 bridgehead atoms. The summed E-state index contributed by atoms with van der Waals surface area (Å²) in [5, 5.41) is 4.73. The Morgan fingerprint density at radius 2 is 2.09 bits per heavy atom. The van der Waals surface area contributed by atoms with Crippen molar-refractivity contribution in [2.75, 3.05) is 0 Å². The van der Waals surface area contributed by atoms with E-state index in [1.165, 1.54) is 11.8 Å². The first kappa shape index (κ1) is 15.7. The molecule has 2 aromatic rings. The average Bonchev–Trinajstić information content (AvgIpc) is 2.75. The fourth-order valence-electron chi connectivity index (χ4n) is 2.52. The number of benzene rings is 1. The number of thioether (sulfide) groups is 1. The van der Waals surface area contributed by atoms with Crippen molar-refractivity contribution in [3.63, 3.8) is 0 Å². The van der Waals surface area contributed by atoms with Crippen molar-refractivity contribution in [3.8, 4) is 0 Å². The number of hydrogen-bond acceptors (Lipinski definition) is 3. The predicted octanol–water partition coefficient (Wildman–Crippen LogP) is 4.95. The van der Waals surface area contributed by atoms with Gasteiger partial charge in [0.2, 0.25) is 0 Å². The summed E-state index contributed by atoms with van der Waals surface area (Å²) < 4.78 is 1.80. The molecule has 0 unspecified atom stereocenters. The van der Waals surface area contributed by atoms with Gasteiger partial charge in [-0.25, -0.2) is 4.99 Å². The van der Waals surface area contributed by atoms with Crippen molar-refractivity contribution in [1.82, 2.24) is 9.78 Å². The molecule has 22 heavy (non-hydrogen) atoms.